The van der Waals surface area contributed by atoms with Gasteiger partial charge in [0.1, 0.15) is 18.2 Å². The maximum Gasteiger partial charge on any atom is 0.410 e. The molecule has 3 atom stereocenters. The molecule has 162 valence electrons. The molecular formula is C22H33NO6. The van der Waals surface area contributed by atoms with E-state index >= 15 is 0 Å². The Morgan fingerprint density at radius 1 is 1.03 bits per heavy atom. The summed E-state index contributed by atoms with van der Waals surface area (Å²) >= 11 is 0. The zero-order valence-electron chi connectivity index (χ0n) is 18.4. The van der Waals surface area contributed by atoms with E-state index in [-0.39, 0.29) is 12.5 Å². The van der Waals surface area contributed by atoms with Gasteiger partial charge < -0.3 is 14.2 Å². The molecule has 1 unspecified atom stereocenters. The summed E-state index contributed by atoms with van der Waals surface area (Å²) in [6.07, 6.45) is -1.08. The molecule has 7 heteroatoms. The van der Waals surface area contributed by atoms with E-state index in [1.165, 1.54) is 18.9 Å². The van der Waals surface area contributed by atoms with Crippen LogP contribution in [0.15, 0.2) is 30.3 Å². The SMILES string of the molecule is CCC(C)[C@@H](C(=O)O[C@H](C)C(=O)OCc1ccccc1)N(C)C(=O)OC(C)(C)C. The number of carbonyl (C=O) groups is 3. The van der Waals surface area contributed by atoms with Crippen LogP contribution in [0.5, 0.6) is 0 Å². The van der Waals surface area contributed by atoms with Crippen LogP contribution < -0.4 is 0 Å². The number of esters is 2. The number of hydrogen-bond donors (Lipinski definition) is 0. The van der Waals surface area contributed by atoms with Crippen LogP contribution in [0.25, 0.3) is 0 Å². The number of hydrogen-bond acceptors (Lipinski definition) is 6. The third kappa shape index (κ3) is 8.13. The summed E-state index contributed by atoms with van der Waals surface area (Å²) in [6.45, 7) is 10.5. The van der Waals surface area contributed by atoms with Gasteiger partial charge in [0.15, 0.2) is 6.10 Å². The maximum atomic E-state index is 12.8. The van der Waals surface area contributed by atoms with Crippen molar-refractivity contribution < 1.29 is 28.6 Å². The lowest BCUT2D eigenvalue weighted by Gasteiger charge is -2.32. The molecule has 0 aliphatic carbocycles. The molecule has 0 radical (unpaired) electrons. The highest BCUT2D eigenvalue weighted by Crippen LogP contribution is 2.19. The number of amides is 1. The third-order valence-electron chi connectivity index (χ3n) is 4.37. The molecule has 1 aromatic carbocycles. The fraction of sp³-hybridized carbons (Fsp3) is 0.591. The second kappa shape index (κ2) is 10.8. The zero-order valence-corrected chi connectivity index (χ0v) is 18.4. The highest BCUT2D eigenvalue weighted by atomic mass is 16.6. The van der Waals surface area contributed by atoms with E-state index < -0.39 is 35.8 Å². The van der Waals surface area contributed by atoms with Crippen molar-refractivity contribution in [1.82, 2.24) is 4.90 Å². The lowest BCUT2D eigenvalue weighted by molar-refractivity contribution is -0.171. The Morgan fingerprint density at radius 2 is 1.62 bits per heavy atom. The Bertz CT molecular complexity index is 682. The summed E-state index contributed by atoms with van der Waals surface area (Å²) < 4.78 is 15.9. The molecule has 0 aliphatic heterocycles. The van der Waals surface area contributed by atoms with Gasteiger partial charge in [-0.25, -0.2) is 14.4 Å². The topological polar surface area (TPSA) is 82.1 Å². The summed E-state index contributed by atoms with van der Waals surface area (Å²) in [4.78, 5) is 38.6. The molecule has 0 fully saturated rings. The third-order valence-corrected chi connectivity index (χ3v) is 4.37. The van der Waals surface area contributed by atoms with E-state index in [0.717, 1.165) is 5.56 Å². The molecule has 1 rings (SSSR count). The van der Waals surface area contributed by atoms with E-state index in [9.17, 15) is 14.4 Å². The fourth-order valence-electron chi connectivity index (χ4n) is 2.58. The van der Waals surface area contributed by atoms with E-state index in [2.05, 4.69) is 0 Å². The molecule has 0 heterocycles. The molecule has 7 nitrogen and oxygen atoms in total. The molecule has 29 heavy (non-hydrogen) atoms. The van der Waals surface area contributed by atoms with Gasteiger partial charge in [0, 0.05) is 7.05 Å². The minimum Gasteiger partial charge on any atom is -0.458 e. The van der Waals surface area contributed by atoms with Crippen LogP contribution >= 0.6 is 0 Å². The van der Waals surface area contributed by atoms with Crippen LogP contribution in [-0.2, 0) is 30.4 Å². The predicted molar refractivity (Wildman–Crippen MR) is 109 cm³/mol. The van der Waals surface area contributed by atoms with Gasteiger partial charge in [0.05, 0.1) is 0 Å². The second-order valence-electron chi connectivity index (χ2n) is 8.09. The van der Waals surface area contributed by atoms with Crippen molar-refractivity contribution in [1.29, 1.82) is 0 Å². The average Bonchev–Trinajstić information content (AvgIpc) is 2.65. The van der Waals surface area contributed by atoms with Crippen LogP contribution in [0.3, 0.4) is 0 Å². The second-order valence-corrected chi connectivity index (χ2v) is 8.09. The van der Waals surface area contributed by atoms with Crippen molar-refractivity contribution in [2.75, 3.05) is 7.05 Å². The Labute approximate surface area is 173 Å². The largest absolute Gasteiger partial charge is 0.458 e. The number of ether oxygens (including phenoxy) is 3. The van der Waals surface area contributed by atoms with E-state index in [1.54, 1.807) is 20.8 Å². The van der Waals surface area contributed by atoms with Gasteiger partial charge in [-0.3, -0.25) is 4.90 Å². The fourth-order valence-corrected chi connectivity index (χ4v) is 2.58. The predicted octanol–water partition coefficient (Wildman–Crippen LogP) is 3.94. The molecule has 0 saturated heterocycles. The number of nitrogens with zero attached hydrogens (tertiary/aromatic N) is 1. The van der Waals surface area contributed by atoms with Crippen LogP contribution in [0.4, 0.5) is 4.79 Å². The lowest BCUT2D eigenvalue weighted by Crippen LogP contribution is -2.49. The van der Waals surface area contributed by atoms with E-state index in [1.807, 2.05) is 44.2 Å². The van der Waals surface area contributed by atoms with Crippen LogP contribution in [0.2, 0.25) is 0 Å². The number of benzene rings is 1. The van der Waals surface area contributed by atoms with Crippen molar-refractivity contribution in [3.63, 3.8) is 0 Å². The Hall–Kier alpha value is -2.57. The molecule has 0 N–H and O–H groups in total. The van der Waals surface area contributed by atoms with Crippen LogP contribution in [0, 0.1) is 5.92 Å². The molecule has 0 bridgehead atoms. The van der Waals surface area contributed by atoms with Gasteiger partial charge in [0.2, 0.25) is 0 Å². The highest BCUT2D eigenvalue weighted by molar-refractivity contribution is 5.84. The first-order chi connectivity index (χ1) is 13.5. The van der Waals surface area contributed by atoms with Crippen molar-refractivity contribution >= 4 is 18.0 Å². The first-order valence-electron chi connectivity index (χ1n) is 9.83. The molecule has 0 saturated carbocycles. The molecule has 0 spiro atoms. The summed E-state index contributed by atoms with van der Waals surface area (Å²) in [6, 6.07) is 8.34. The Kier molecular flexibility index (Phi) is 9.14. The smallest absolute Gasteiger partial charge is 0.410 e. The molecule has 0 aliphatic rings. The standard InChI is InChI=1S/C22H33NO6/c1-8-15(2)18(23(7)21(26)29-22(4,5)6)20(25)28-16(3)19(24)27-14-17-12-10-9-11-13-17/h9-13,15-16,18H,8,14H2,1-7H3/t15?,16-,18+/m1/s1. The normalized spacial score (nSPS) is 14.3. The first kappa shape index (κ1) is 24.5. The lowest BCUT2D eigenvalue weighted by atomic mass is 9.98. The quantitative estimate of drug-likeness (QED) is 0.479. The van der Waals surface area contributed by atoms with Gasteiger partial charge in [-0.15, -0.1) is 0 Å². The minimum absolute atomic E-state index is 0.0914. The minimum atomic E-state index is -1.09. The summed E-state index contributed by atoms with van der Waals surface area (Å²) in [5.41, 5.74) is 0.144. The van der Waals surface area contributed by atoms with Crippen molar-refractivity contribution in [2.24, 2.45) is 5.92 Å². The average molecular weight is 408 g/mol. The molecule has 1 amide bonds. The molecule has 1 aromatic rings. The van der Waals surface area contributed by atoms with Crippen molar-refractivity contribution in [3.05, 3.63) is 35.9 Å². The first-order valence-corrected chi connectivity index (χ1v) is 9.83. The Morgan fingerprint density at radius 3 is 2.14 bits per heavy atom. The highest BCUT2D eigenvalue weighted by Gasteiger charge is 2.36. The van der Waals surface area contributed by atoms with Crippen LogP contribution in [-0.4, -0.2) is 47.7 Å². The van der Waals surface area contributed by atoms with Gasteiger partial charge in [-0.1, -0.05) is 50.6 Å². The van der Waals surface area contributed by atoms with E-state index in [0.29, 0.717) is 6.42 Å². The van der Waals surface area contributed by atoms with E-state index in [4.69, 9.17) is 14.2 Å². The number of rotatable bonds is 8. The van der Waals surface area contributed by atoms with Gasteiger partial charge in [-0.2, -0.15) is 0 Å². The zero-order chi connectivity index (χ0) is 22.2. The van der Waals surface area contributed by atoms with Gasteiger partial charge in [0.25, 0.3) is 0 Å². The van der Waals surface area contributed by atoms with Gasteiger partial charge >= 0.3 is 18.0 Å². The maximum absolute atomic E-state index is 12.8. The van der Waals surface area contributed by atoms with Crippen molar-refractivity contribution in [2.45, 2.75) is 72.3 Å². The monoisotopic (exact) mass is 407 g/mol. The van der Waals surface area contributed by atoms with Crippen molar-refractivity contribution in [3.8, 4) is 0 Å². The number of carbonyl (C=O) groups excluding carboxylic acids is 3. The van der Waals surface area contributed by atoms with Crippen LogP contribution in [0.1, 0.15) is 53.5 Å². The molecular weight excluding hydrogens is 374 g/mol. The Balaban J connectivity index is 2.75. The molecule has 0 aromatic heterocycles. The summed E-state index contributed by atoms with van der Waals surface area (Å²) in [7, 11) is 1.49. The van der Waals surface area contributed by atoms with Gasteiger partial charge in [-0.05, 0) is 39.2 Å². The summed E-state index contributed by atoms with van der Waals surface area (Å²) in [5, 5.41) is 0. The summed E-state index contributed by atoms with van der Waals surface area (Å²) in [5.74, 6) is -1.51. The number of likely N-dealkylation sites (N-methyl/N-ethyl adjacent to an activating group) is 1.